The number of fused-ring (bicyclic) bond motifs is 2. The number of nitrogens with zero attached hydrogens (tertiary/aromatic N) is 3. The highest BCUT2D eigenvalue weighted by atomic mass is 16.3. The Balaban J connectivity index is 1.88. The van der Waals surface area contributed by atoms with E-state index >= 15 is 0 Å². The van der Waals surface area contributed by atoms with Crippen LogP contribution in [-0.4, -0.2) is 15.2 Å². The van der Waals surface area contributed by atoms with Gasteiger partial charge in [-0.25, -0.2) is 0 Å². The quantitative estimate of drug-likeness (QED) is 0.498. The van der Waals surface area contributed by atoms with Gasteiger partial charge in [0.2, 0.25) is 0 Å². The number of pyridine rings is 1. The molecule has 0 radical (unpaired) electrons. The predicted molar refractivity (Wildman–Crippen MR) is 93.2 cm³/mol. The molecule has 0 spiro atoms. The van der Waals surface area contributed by atoms with Crippen molar-refractivity contribution in [2.75, 3.05) is 0 Å². The van der Waals surface area contributed by atoms with E-state index < -0.39 is 0 Å². The van der Waals surface area contributed by atoms with Crippen molar-refractivity contribution in [2.24, 2.45) is 10.2 Å². The average Bonchev–Trinajstić information content (AvgIpc) is 2.62. The van der Waals surface area contributed by atoms with E-state index in [2.05, 4.69) is 15.2 Å². The molecule has 0 aliphatic rings. The SMILES string of the molecule is Oc1ccc(/N=N/c2cccc3cccnc23)c2c(O)cccc12. The van der Waals surface area contributed by atoms with Gasteiger partial charge in [0.25, 0.3) is 0 Å². The van der Waals surface area contributed by atoms with Gasteiger partial charge in [-0.3, -0.25) is 4.98 Å². The van der Waals surface area contributed by atoms with Crippen molar-refractivity contribution in [3.05, 3.63) is 66.9 Å². The first-order valence-electron chi connectivity index (χ1n) is 7.43. The first kappa shape index (κ1) is 14.1. The molecule has 2 N–H and O–H groups in total. The highest BCUT2D eigenvalue weighted by Crippen LogP contribution is 2.39. The maximum Gasteiger partial charge on any atom is 0.125 e. The fourth-order valence-electron chi connectivity index (χ4n) is 2.71. The van der Waals surface area contributed by atoms with E-state index in [1.54, 1.807) is 30.5 Å². The minimum atomic E-state index is 0.0494. The molecule has 1 aromatic heterocycles. The van der Waals surface area contributed by atoms with Crippen LogP contribution < -0.4 is 0 Å². The Hall–Kier alpha value is -3.47. The number of para-hydroxylation sites is 1. The first-order chi connectivity index (χ1) is 11.7. The Labute approximate surface area is 137 Å². The van der Waals surface area contributed by atoms with Crippen molar-refractivity contribution in [3.63, 3.8) is 0 Å². The smallest absolute Gasteiger partial charge is 0.125 e. The van der Waals surface area contributed by atoms with Crippen LogP contribution in [0, 0.1) is 0 Å². The number of phenolic OH excluding ortho intramolecular Hbond substituents is 2. The summed E-state index contributed by atoms with van der Waals surface area (Å²) in [6.45, 7) is 0. The van der Waals surface area contributed by atoms with Crippen LogP contribution in [0.25, 0.3) is 21.7 Å². The third kappa shape index (κ3) is 2.32. The van der Waals surface area contributed by atoms with Crippen LogP contribution in [-0.2, 0) is 0 Å². The van der Waals surface area contributed by atoms with Gasteiger partial charge in [-0.1, -0.05) is 30.3 Å². The molecule has 4 rings (SSSR count). The summed E-state index contributed by atoms with van der Waals surface area (Å²) in [6, 6.07) is 17.6. The third-order valence-electron chi connectivity index (χ3n) is 3.85. The van der Waals surface area contributed by atoms with Gasteiger partial charge in [0, 0.05) is 17.0 Å². The summed E-state index contributed by atoms with van der Waals surface area (Å²) in [4.78, 5) is 4.34. The van der Waals surface area contributed by atoms with Crippen molar-refractivity contribution in [3.8, 4) is 11.5 Å². The molecule has 1 heterocycles. The second kappa shape index (κ2) is 5.62. The molecule has 3 aromatic carbocycles. The van der Waals surface area contributed by atoms with Gasteiger partial charge >= 0.3 is 0 Å². The van der Waals surface area contributed by atoms with E-state index in [1.807, 2.05) is 30.3 Å². The Kier molecular flexibility index (Phi) is 3.31. The molecule has 0 bridgehead atoms. The number of rotatable bonds is 2. The summed E-state index contributed by atoms with van der Waals surface area (Å²) in [5.41, 5.74) is 1.88. The summed E-state index contributed by atoms with van der Waals surface area (Å²) in [6.07, 6.45) is 1.71. The van der Waals surface area contributed by atoms with Crippen LogP contribution in [0.5, 0.6) is 11.5 Å². The minimum Gasteiger partial charge on any atom is -0.507 e. The number of benzene rings is 3. The van der Waals surface area contributed by atoms with Gasteiger partial charge in [-0.05, 0) is 30.3 Å². The summed E-state index contributed by atoms with van der Waals surface area (Å²) in [5, 5.41) is 30.6. The second-order valence-corrected chi connectivity index (χ2v) is 5.36. The summed E-state index contributed by atoms with van der Waals surface area (Å²) >= 11 is 0. The molecule has 5 nitrogen and oxygen atoms in total. The zero-order chi connectivity index (χ0) is 16.5. The lowest BCUT2D eigenvalue weighted by Crippen LogP contribution is -1.78. The molecule has 0 saturated carbocycles. The normalized spacial score (nSPS) is 11.5. The molecular formula is C19H13N3O2. The van der Waals surface area contributed by atoms with Crippen molar-refractivity contribution in [1.29, 1.82) is 0 Å². The topological polar surface area (TPSA) is 78.1 Å². The molecule has 24 heavy (non-hydrogen) atoms. The fraction of sp³-hybridized carbons (Fsp3) is 0. The van der Waals surface area contributed by atoms with Gasteiger partial charge in [0.1, 0.15) is 17.2 Å². The second-order valence-electron chi connectivity index (χ2n) is 5.36. The molecule has 0 fully saturated rings. The zero-order valence-electron chi connectivity index (χ0n) is 12.6. The highest BCUT2D eigenvalue weighted by molar-refractivity contribution is 6.00. The number of azo groups is 1. The lowest BCUT2D eigenvalue weighted by atomic mass is 10.1. The van der Waals surface area contributed by atoms with E-state index in [0.29, 0.717) is 22.1 Å². The molecule has 0 unspecified atom stereocenters. The molecule has 0 aliphatic heterocycles. The summed E-state index contributed by atoms with van der Waals surface area (Å²) in [5.74, 6) is 0.139. The number of phenols is 2. The Morgan fingerprint density at radius 1 is 0.708 bits per heavy atom. The van der Waals surface area contributed by atoms with Crippen LogP contribution >= 0.6 is 0 Å². The predicted octanol–water partition coefficient (Wildman–Crippen LogP) is 5.21. The first-order valence-corrected chi connectivity index (χ1v) is 7.43. The van der Waals surface area contributed by atoms with Gasteiger partial charge in [0.15, 0.2) is 0 Å². The number of hydrogen-bond acceptors (Lipinski definition) is 5. The lowest BCUT2D eigenvalue weighted by molar-refractivity contribution is 0.475. The summed E-state index contributed by atoms with van der Waals surface area (Å²) < 4.78 is 0. The molecule has 4 aromatic rings. The number of aromatic hydroxyl groups is 2. The number of hydrogen-bond donors (Lipinski definition) is 2. The van der Waals surface area contributed by atoms with Crippen LogP contribution in [0.15, 0.2) is 77.1 Å². The Morgan fingerprint density at radius 3 is 2.42 bits per heavy atom. The van der Waals surface area contributed by atoms with E-state index in [4.69, 9.17) is 0 Å². The van der Waals surface area contributed by atoms with E-state index in [-0.39, 0.29) is 11.5 Å². The van der Waals surface area contributed by atoms with Gasteiger partial charge in [-0.2, -0.15) is 0 Å². The summed E-state index contributed by atoms with van der Waals surface area (Å²) in [7, 11) is 0. The van der Waals surface area contributed by atoms with E-state index in [1.165, 1.54) is 6.07 Å². The zero-order valence-corrected chi connectivity index (χ0v) is 12.6. The Bertz CT molecular complexity index is 1090. The minimum absolute atomic E-state index is 0.0494. The fourth-order valence-corrected chi connectivity index (χ4v) is 2.71. The highest BCUT2D eigenvalue weighted by Gasteiger charge is 2.09. The van der Waals surface area contributed by atoms with Crippen molar-refractivity contribution >= 4 is 33.1 Å². The van der Waals surface area contributed by atoms with Crippen LogP contribution in [0.4, 0.5) is 11.4 Å². The monoisotopic (exact) mass is 315 g/mol. The van der Waals surface area contributed by atoms with E-state index in [9.17, 15) is 10.2 Å². The molecular weight excluding hydrogens is 302 g/mol. The van der Waals surface area contributed by atoms with Crippen molar-refractivity contribution in [2.45, 2.75) is 0 Å². The van der Waals surface area contributed by atoms with Gasteiger partial charge in [-0.15, -0.1) is 10.2 Å². The molecule has 5 heteroatoms. The Morgan fingerprint density at radius 2 is 1.50 bits per heavy atom. The maximum atomic E-state index is 10.1. The molecule has 116 valence electrons. The van der Waals surface area contributed by atoms with Crippen molar-refractivity contribution < 1.29 is 10.2 Å². The maximum absolute atomic E-state index is 10.1. The van der Waals surface area contributed by atoms with Crippen LogP contribution in [0.2, 0.25) is 0 Å². The third-order valence-corrected chi connectivity index (χ3v) is 3.85. The molecule has 0 atom stereocenters. The van der Waals surface area contributed by atoms with Gasteiger partial charge in [0.05, 0.1) is 16.6 Å². The molecule has 0 saturated heterocycles. The standard InChI is InChI=1S/C19H13N3O2/c23-16-10-9-14(18-13(16)6-2-8-17(18)24)21-22-15-7-1-4-12-5-3-11-20-19(12)15/h1-11,23-24H/b22-21+. The van der Waals surface area contributed by atoms with Crippen LogP contribution in [0.1, 0.15) is 0 Å². The largest absolute Gasteiger partial charge is 0.507 e. The van der Waals surface area contributed by atoms with E-state index in [0.717, 1.165) is 10.9 Å². The number of aromatic nitrogens is 1. The van der Waals surface area contributed by atoms with Gasteiger partial charge < -0.3 is 10.2 Å². The lowest BCUT2D eigenvalue weighted by Gasteiger charge is -2.06. The molecule has 0 amide bonds. The molecule has 0 aliphatic carbocycles. The van der Waals surface area contributed by atoms with Crippen LogP contribution in [0.3, 0.4) is 0 Å². The average molecular weight is 315 g/mol. The van der Waals surface area contributed by atoms with Crippen molar-refractivity contribution in [1.82, 2.24) is 4.98 Å².